The molecular weight excluding hydrogens is 330 g/mol. The molecule has 0 bridgehead atoms. The summed E-state index contributed by atoms with van der Waals surface area (Å²) in [4.78, 5) is 2.07. The molecule has 3 heteroatoms. The van der Waals surface area contributed by atoms with Crippen LogP contribution in [0, 0.1) is 0 Å². The Labute approximate surface area is 157 Å². The van der Waals surface area contributed by atoms with Crippen LogP contribution in [-0.2, 0) is 0 Å². The van der Waals surface area contributed by atoms with Crippen molar-refractivity contribution < 1.29 is 0 Å². The van der Waals surface area contributed by atoms with Crippen LogP contribution in [0.3, 0.4) is 0 Å². The molecule has 0 radical (unpaired) electrons. The van der Waals surface area contributed by atoms with Crippen molar-refractivity contribution in [1.82, 2.24) is 0 Å². The second kappa shape index (κ2) is 6.06. The number of rotatable bonds is 3. The van der Waals surface area contributed by atoms with Gasteiger partial charge < -0.3 is 4.90 Å². The van der Waals surface area contributed by atoms with E-state index in [2.05, 4.69) is 81.9 Å². The monoisotopic (exact) mass is 349 g/mol. The average molecular weight is 349 g/mol. The van der Waals surface area contributed by atoms with Gasteiger partial charge in [-0.05, 0) is 57.3 Å². The van der Waals surface area contributed by atoms with Gasteiger partial charge in [0.15, 0.2) is 0 Å². The van der Waals surface area contributed by atoms with Crippen molar-refractivity contribution >= 4 is 49.4 Å². The molecule has 0 N–H and O–H groups in total. The first-order valence-corrected chi connectivity index (χ1v) is 9.06. The Balaban J connectivity index is 1.65. The molecule has 5 aromatic carbocycles. The van der Waals surface area contributed by atoms with E-state index >= 15 is 0 Å². The summed E-state index contributed by atoms with van der Waals surface area (Å²) < 4.78 is 0. The molecule has 0 aliphatic heterocycles. The van der Waals surface area contributed by atoms with E-state index in [0.29, 0.717) is 0 Å². The minimum Gasteiger partial charge on any atom is -0.378 e. The molecule has 0 aliphatic carbocycles. The molecule has 0 aliphatic rings. The lowest BCUT2D eigenvalue weighted by atomic mass is 9.94. The third-order valence-corrected chi connectivity index (χ3v) is 5.14. The highest BCUT2D eigenvalue weighted by Gasteiger charge is 2.10. The van der Waals surface area contributed by atoms with Crippen LogP contribution in [0.2, 0.25) is 0 Å². The maximum Gasteiger partial charge on any atom is 0.0936 e. The second-order valence-corrected chi connectivity index (χ2v) is 7.05. The molecule has 0 aromatic heterocycles. The quantitative estimate of drug-likeness (QED) is 0.253. The Bertz CT molecular complexity index is 1270. The van der Waals surface area contributed by atoms with Crippen LogP contribution in [0.5, 0.6) is 0 Å². The topological polar surface area (TPSA) is 28.0 Å². The second-order valence-electron chi connectivity index (χ2n) is 7.05. The van der Waals surface area contributed by atoms with Gasteiger partial charge in [-0.2, -0.15) is 5.11 Å². The molecular formula is C24H19N3. The van der Waals surface area contributed by atoms with Crippen LogP contribution >= 0.6 is 0 Å². The third-order valence-electron chi connectivity index (χ3n) is 5.14. The van der Waals surface area contributed by atoms with E-state index in [-0.39, 0.29) is 0 Å². The summed E-state index contributed by atoms with van der Waals surface area (Å²) in [6.45, 7) is 0. The Morgan fingerprint density at radius 1 is 0.593 bits per heavy atom. The highest BCUT2D eigenvalue weighted by molar-refractivity contribution is 6.24. The number of nitrogens with zero attached hydrogens (tertiary/aromatic N) is 3. The summed E-state index contributed by atoms with van der Waals surface area (Å²) in [5.74, 6) is 0. The Morgan fingerprint density at radius 3 is 1.93 bits per heavy atom. The number of hydrogen-bond donors (Lipinski definition) is 0. The molecule has 0 unspecified atom stereocenters. The van der Waals surface area contributed by atoms with E-state index in [1.807, 2.05) is 26.2 Å². The molecule has 0 spiro atoms. The van der Waals surface area contributed by atoms with Gasteiger partial charge in [0.2, 0.25) is 0 Å². The maximum absolute atomic E-state index is 4.57. The van der Waals surface area contributed by atoms with Gasteiger partial charge in [-0.3, -0.25) is 0 Å². The molecule has 0 saturated carbocycles. The zero-order valence-electron chi connectivity index (χ0n) is 15.3. The van der Waals surface area contributed by atoms with Gasteiger partial charge in [0.1, 0.15) is 0 Å². The fourth-order valence-corrected chi connectivity index (χ4v) is 3.74. The summed E-state index contributed by atoms with van der Waals surface area (Å²) >= 11 is 0. The highest BCUT2D eigenvalue weighted by Crippen LogP contribution is 2.39. The van der Waals surface area contributed by atoms with Crippen LogP contribution < -0.4 is 4.90 Å². The molecule has 0 atom stereocenters. The zero-order valence-corrected chi connectivity index (χ0v) is 15.3. The lowest BCUT2D eigenvalue weighted by molar-refractivity contribution is 1.13. The van der Waals surface area contributed by atoms with Gasteiger partial charge in [-0.1, -0.05) is 48.5 Å². The van der Waals surface area contributed by atoms with Crippen molar-refractivity contribution in [3.8, 4) is 0 Å². The van der Waals surface area contributed by atoms with Crippen LogP contribution in [0.1, 0.15) is 0 Å². The molecule has 5 aromatic rings. The molecule has 0 fully saturated rings. The van der Waals surface area contributed by atoms with Crippen molar-refractivity contribution in [2.45, 2.75) is 0 Å². The van der Waals surface area contributed by atoms with Gasteiger partial charge in [-0.25, -0.2) is 0 Å². The van der Waals surface area contributed by atoms with Crippen LogP contribution in [0.4, 0.5) is 17.1 Å². The average Bonchev–Trinajstić information content (AvgIpc) is 2.71. The smallest absolute Gasteiger partial charge is 0.0936 e. The summed E-state index contributed by atoms with van der Waals surface area (Å²) in [5, 5.41) is 16.5. The lowest BCUT2D eigenvalue weighted by Gasteiger charge is -2.12. The third kappa shape index (κ3) is 2.59. The molecule has 3 nitrogen and oxygen atoms in total. The summed E-state index contributed by atoms with van der Waals surface area (Å²) in [5.41, 5.74) is 2.90. The van der Waals surface area contributed by atoms with Gasteiger partial charge in [0.25, 0.3) is 0 Å². The fourth-order valence-electron chi connectivity index (χ4n) is 3.74. The highest BCUT2D eigenvalue weighted by atomic mass is 15.1. The van der Waals surface area contributed by atoms with Gasteiger partial charge in [0.05, 0.1) is 11.4 Å². The minimum absolute atomic E-state index is 0.853. The Hall–Kier alpha value is -3.46. The first-order valence-electron chi connectivity index (χ1n) is 9.06. The number of azo groups is 1. The molecule has 0 saturated heterocycles. The summed E-state index contributed by atoms with van der Waals surface area (Å²) in [6, 6.07) is 27.5. The largest absolute Gasteiger partial charge is 0.378 e. The fraction of sp³-hybridized carbons (Fsp3) is 0.0833. The van der Waals surface area contributed by atoms with E-state index in [0.717, 1.165) is 22.4 Å². The predicted octanol–water partition coefficient (Wildman–Crippen LogP) is 7.07. The van der Waals surface area contributed by atoms with E-state index in [1.54, 1.807) is 0 Å². The van der Waals surface area contributed by atoms with Crippen molar-refractivity contribution in [1.29, 1.82) is 0 Å². The normalized spacial score (nSPS) is 11.9. The Kier molecular flexibility index (Phi) is 3.54. The molecule has 0 heterocycles. The van der Waals surface area contributed by atoms with Gasteiger partial charge >= 0.3 is 0 Å². The number of hydrogen-bond acceptors (Lipinski definition) is 3. The van der Waals surface area contributed by atoms with Crippen LogP contribution in [0.25, 0.3) is 32.3 Å². The minimum atomic E-state index is 0.853. The van der Waals surface area contributed by atoms with Crippen molar-refractivity contribution in [2.75, 3.05) is 19.0 Å². The molecule has 27 heavy (non-hydrogen) atoms. The van der Waals surface area contributed by atoms with E-state index in [4.69, 9.17) is 0 Å². The van der Waals surface area contributed by atoms with Crippen LogP contribution in [0.15, 0.2) is 89.1 Å². The van der Waals surface area contributed by atoms with E-state index < -0.39 is 0 Å². The molecule has 0 amide bonds. The first-order chi connectivity index (χ1) is 13.2. The zero-order chi connectivity index (χ0) is 18.4. The lowest BCUT2D eigenvalue weighted by Crippen LogP contribution is -2.07. The van der Waals surface area contributed by atoms with E-state index in [9.17, 15) is 0 Å². The summed E-state index contributed by atoms with van der Waals surface area (Å²) in [7, 11) is 4.06. The van der Waals surface area contributed by atoms with Crippen molar-refractivity contribution in [3.63, 3.8) is 0 Å². The number of benzene rings is 5. The summed E-state index contributed by atoms with van der Waals surface area (Å²) in [6.07, 6.45) is 0. The van der Waals surface area contributed by atoms with Crippen LogP contribution in [-0.4, -0.2) is 14.1 Å². The van der Waals surface area contributed by atoms with Crippen molar-refractivity contribution in [2.24, 2.45) is 10.2 Å². The molecule has 5 rings (SSSR count). The Morgan fingerprint density at radius 2 is 1.22 bits per heavy atom. The first kappa shape index (κ1) is 15.8. The maximum atomic E-state index is 4.57. The molecule has 130 valence electrons. The van der Waals surface area contributed by atoms with Gasteiger partial charge in [-0.15, -0.1) is 5.11 Å². The predicted molar refractivity (Wildman–Crippen MR) is 115 cm³/mol. The number of anilines is 1. The van der Waals surface area contributed by atoms with Crippen molar-refractivity contribution in [3.05, 3.63) is 78.9 Å². The standard InChI is InChI=1S/C24H19N3/c1-27(2)20-12-10-19(11-13-20)25-26-22-15-9-18-7-6-16-4-3-5-17-8-14-21(22)24(18)23(16)17/h3-15H,1-2H3. The SMILES string of the molecule is CN(C)c1ccc(N=Nc2ccc3ccc4cccc5ccc2c3c45)cc1. The van der Waals surface area contributed by atoms with E-state index in [1.165, 1.54) is 26.9 Å². The van der Waals surface area contributed by atoms with Gasteiger partial charge in [0, 0.05) is 25.2 Å².